The highest BCUT2D eigenvalue weighted by molar-refractivity contribution is 5.87. The standard InChI is InChI=1S/C9H10O2.C7H6O2/c1-7(9(10)11)8-5-3-2-4-6-8;8-7(9)6-4-2-1-3-5-6/h2-7H,1H3,(H,10,11);1-5H,(H,8,9)/t7-;/m0./s1. The van der Waals surface area contributed by atoms with Gasteiger partial charge in [0.05, 0.1) is 11.5 Å². The van der Waals surface area contributed by atoms with Crippen LogP contribution in [0.3, 0.4) is 0 Å². The molecule has 0 heterocycles. The van der Waals surface area contributed by atoms with Gasteiger partial charge in [-0.1, -0.05) is 48.5 Å². The number of aromatic carboxylic acids is 1. The molecule has 104 valence electrons. The Bertz CT molecular complexity index is 549. The highest BCUT2D eigenvalue weighted by Gasteiger charge is 2.11. The maximum absolute atomic E-state index is 10.5. The van der Waals surface area contributed by atoms with Crippen LogP contribution in [0.25, 0.3) is 0 Å². The Morgan fingerprint density at radius 1 is 0.850 bits per heavy atom. The van der Waals surface area contributed by atoms with Crippen LogP contribution in [0.2, 0.25) is 0 Å². The minimum absolute atomic E-state index is 0.331. The normalized spacial score (nSPS) is 10.8. The van der Waals surface area contributed by atoms with Crippen molar-refractivity contribution in [3.05, 3.63) is 71.8 Å². The van der Waals surface area contributed by atoms with Gasteiger partial charge < -0.3 is 10.2 Å². The third-order valence-corrected chi connectivity index (χ3v) is 2.69. The van der Waals surface area contributed by atoms with Crippen molar-refractivity contribution in [2.75, 3.05) is 0 Å². The van der Waals surface area contributed by atoms with Crippen molar-refractivity contribution in [3.63, 3.8) is 0 Å². The molecule has 4 nitrogen and oxygen atoms in total. The Morgan fingerprint density at radius 3 is 1.65 bits per heavy atom. The van der Waals surface area contributed by atoms with Crippen LogP contribution in [-0.2, 0) is 4.79 Å². The summed E-state index contributed by atoms with van der Waals surface area (Å²) in [6, 6.07) is 17.5. The number of carboxylic acid groups (broad SMARTS) is 2. The lowest BCUT2D eigenvalue weighted by Crippen LogP contribution is -2.06. The molecule has 0 saturated carbocycles. The van der Waals surface area contributed by atoms with Crippen molar-refractivity contribution in [3.8, 4) is 0 Å². The zero-order chi connectivity index (χ0) is 15.0. The van der Waals surface area contributed by atoms with Crippen LogP contribution in [0.1, 0.15) is 28.8 Å². The summed E-state index contributed by atoms with van der Waals surface area (Å²) in [5.41, 5.74) is 1.18. The van der Waals surface area contributed by atoms with E-state index in [9.17, 15) is 9.59 Å². The van der Waals surface area contributed by atoms with Crippen LogP contribution in [0, 0.1) is 0 Å². The van der Waals surface area contributed by atoms with Gasteiger partial charge in [-0.3, -0.25) is 4.79 Å². The number of rotatable bonds is 3. The minimum Gasteiger partial charge on any atom is -0.481 e. The number of carbonyl (C=O) groups is 2. The molecule has 0 radical (unpaired) electrons. The van der Waals surface area contributed by atoms with Crippen molar-refractivity contribution < 1.29 is 19.8 Å². The van der Waals surface area contributed by atoms with Gasteiger partial charge >= 0.3 is 11.9 Å². The van der Waals surface area contributed by atoms with E-state index in [0.717, 1.165) is 5.56 Å². The lowest BCUT2D eigenvalue weighted by atomic mass is 10.0. The maximum atomic E-state index is 10.5. The summed E-state index contributed by atoms with van der Waals surface area (Å²) in [6.07, 6.45) is 0. The Balaban J connectivity index is 0.000000204. The topological polar surface area (TPSA) is 74.6 Å². The molecule has 2 N–H and O–H groups in total. The van der Waals surface area contributed by atoms with Crippen molar-refractivity contribution in [1.29, 1.82) is 0 Å². The van der Waals surface area contributed by atoms with Gasteiger partial charge in [-0.15, -0.1) is 0 Å². The first-order chi connectivity index (χ1) is 9.52. The third kappa shape index (κ3) is 4.94. The molecular weight excluding hydrogens is 256 g/mol. The molecule has 2 aromatic carbocycles. The molecule has 2 aromatic rings. The predicted molar refractivity (Wildman–Crippen MR) is 75.9 cm³/mol. The van der Waals surface area contributed by atoms with Gasteiger partial charge in [-0.25, -0.2) is 4.79 Å². The quantitative estimate of drug-likeness (QED) is 0.899. The van der Waals surface area contributed by atoms with Gasteiger partial charge in [0.2, 0.25) is 0 Å². The van der Waals surface area contributed by atoms with E-state index in [2.05, 4.69) is 0 Å². The zero-order valence-electron chi connectivity index (χ0n) is 11.1. The Hall–Kier alpha value is -2.62. The molecule has 4 heteroatoms. The molecule has 0 aromatic heterocycles. The summed E-state index contributed by atoms with van der Waals surface area (Å²) in [6.45, 7) is 1.68. The number of aliphatic carboxylic acids is 1. The fourth-order valence-electron chi connectivity index (χ4n) is 1.47. The Morgan fingerprint density at radius 2 is 1.30 bits per heavy atom. The van der Waals surface area contributed by atoms with Crippen molar-refractivity contribution in [2.24, 2.45) is 0 Å². The summed E-state index contributed by atoms with van der Waals surface area (Å²) in [4.78, 5) is 20.7. The molecule has 0 bridgehead atoms. The van der Waals surface area contributed by atoms with Crippen LogP contribution < -0.4 is 0 Å². The lowest BCUT2D eigenvalue weighted by Gasteiger charge is -2.04. The first-order valence-corrected chi connectivity index (χ1v) is 6.08. The first-order valence-electron chi connectivity index (χ1n) is 6.08. The van der Waals surface area contributed by atoms with E-state index in [1.807, 2.05) is 30.3 Å². The summed E-state index contributed by atoms with van der Waals surface area (Å²) >= 11 is 0. The molecule has 0 spiro atoms. The molecule has 20 heavy (non-hydrogen) atoms. The summed E-state index contributed by atoms with van der Waals surface area (Å²) < 4.78 is 0. The van der Waals surface area contributed by atoms with Crippen LogP contribution >= 0.6 is 0 Å². The number of benzene rings is 2. The molecule has 0 fully saturated rings. The van der Waals surface area contributed by atoms with Crippen molar-refractivity contribution >= 4 is 11.9 Å². The van der Waals surface area contributed by atoms with E-state index < -0.39 is 17.9 Å². The number of hydrogen-bond acceptors (Lipinski definition) is 2. The maximum Gasteiger partial charge on any atom is 0.335 e. The SMILES string of the molecule is C[C@H](C(=O)O)c1ccccc1.O=C(O)c1ccccc1. The second kappa shape index (κ2) is 7.74. The third-order valence-electron chi connectivity index (χ3n) is 2.69. The highest BCUT2D eigenvalue weighted by Crippen LogP contribution is 2.13. The van der Waals surface area contributed by atoms with Crippen LogP contribution in [0.4, 0.5) is 0 Å². The molecule has 0 aliphatic heterocycles. The molecule has 0 amide bonds. The van der Waals surface area contributed by atoms with Gasteiger partial charge in [0.1, 0.15) is 0 Å². The minimum atomic E-state index is -0.879. The Kier molecular flexibility index (Phi) is 5.97. The van der Waals surface area contributed by atoms with Gasteiger partial charge in [-0.2, -0.15) is 0 Å². The Labute approximate surface area is 117 Å². The molecule has 0 aliphatic carbocycles. The van der Waals surface area contributed by atoms with Crippen LogP contribution in [0.5, 0.6) is 0 Å². The average molecular weight is 272 g/mol. The molecule has 2 rings (SSSR count). The first kappa shape index (κ1) is 15.4. The number of hydrogen-bond donors (Lipinski definition) is 2. The largest absolute Gasteiger partial charge is 0.481 e. The van der Waals surface area contributed by atoms with Gasteiger partial charge in [0.25, 0.3) is 0 Å². The molecule has 0 unspecified atom stereocenters. The van der Waals surface area contributed by atoms with Gasteiger partial charge in [-0.05, 0) is 24.6 Å². The fourth-order valence-corrected chi connectivity index (χ4v) is 1.47. The molecule has 0 aliphatic rings. The molecular formula is C16H16O4. The van der Waals surface area contributed by atoms with E-state index in [1.54, 1.807) is 37.3 Å². The molecule has 0 saturated heterocycles. The van der Waals surface area contributed by atoms with Crippen molar-refractivity contribution in [1.82, 2.24) is 0 Å². The highest BCUT2D eigenvalue weighted by atomic mass is 16.4. The second-order valence-corrected chi connectivity index (χ2v) is 4.14. The van der Waals surface area contributed by atoms with E-state index in [0.29, 0.717) is 5.56 Å². The van der Waals surface area contributed by atoms with Crippen LogP contribution in [0.15, 0.2) is 60.7 Å². The van der Waals surface area contributed by atoms with Gasteiger partial charge in [0, 0.05) is 0 Å². The predicted octanol–water partition coefficient (Wildman–Crippen LogP) is 3.26. The lowest BCUT2D eigenvalue weighted by molar-refractivity contribution is -0.138. The van der Waals surface area contributed by atoms with E-state index >= 15 is 0 Å². The van der Waals surface area contributed by atoms with Crippen molar-refractivity contribution in [2.45, 2.75) is 12.8 Å². The van der Waals surface area contributed by atoms with Gasteiger partial charge in [0.15, 0.2) is 0 Å². The van der Waals surface area contributed by atoms with E-state index in [1.165, 1.54) is 0 Å². The van der Waals surface area contributed by atoms with E-state index in [4.69, 9.17) is 10.2 Å². The second-order valence-electron chi connectivity index (χ2n) is 4.14. The fraction of sp³-hybridized carbons (Fsp3) is 0.125. The summed E-state index contributed by atoms with van der Waals surface area (Å²) in [5, 5.41) is 17.0. The average Bonchev–Trinajstić information content (AvgIpc) is 2.49. The van der Waals surface area contributed by atoms with Crippen LogP contribution in [-0.4, -0.2) is 22.2 Å². The summed E-state index contributed by atoms with van der Waals surface area (Å²) in [5.74, 6) is -2.07. The monoisotopic (exact) mass is 272 g/mol. The van der Waals surface area contributed by atoms with E-state index in [-0.39, 0.29) is 0 Å². The molecule has 1 atom stereocenters. The smallest absolute Gasteiger partial charge is 0.335 e. The number of carboxylic acids is 2. The zero-order valence-corrected chi connectivity index (χ0v) is 11.1. The summed E-state index contributed by atoms with van der Waals surface area (Å²) in [7, 11) is 0.